The van der Waals surface area contributed by atoms with Gasteiger partial charge in [-0.2, -0.15) is 0 Å². The molecule has 4 nitrogen and oxygen atoms in total. The molecule has 0 spiro atoms. The van der Waals surface area contributed by atoms with Crippen LogP contribution in [0.4, 0.5) is 20.2 Å². The molecule has 6 heteroatoms. The van der Waals surface area contributed by atoms with Crippen LogP contribution in [0.2, 0.25) is 0 Å². The molecule has 3 aromatic carbocycles. The van der Waals surface area contributed by atoms with E-state index in [0.29, 0.717) is 16.9 Å². The molecule has 136 valence electrons. The number of hydrogen-bond donors (Lipinski definition) is 2. The summed E-state index contributed by atoms with van der Waals surface area (Å²) in [4.78, 5) is 24.8. The standard InChI is InChI=1S/C21H16F2N2O2/c1-13-12-14(22)10-11-18(13)25-21(27)17-9-5-8-16(19(17)23)20(26)24-15-6-3-2-4-7-15/h2-12H,1H3,(H,24,26)(H,25,27). The monoisotopic (exact) mass is 366 g/mol. The number of nitrogens with one attached hydrogen (secondary N) is 2. The molecule has 0 aliphatic rings. The third kappa shape index (κ3) is 4.17. The molecule has 0 aliphatic heterocycles. The topological polar surface area (TPSA) is 58.2 Å². The van der Waals surface area contributed by atoms with E-state index in [4.69, 9.17) is 0 Å². The molecule has 0 saturated heterocycles. The maximum absolute atomic E-state index is 14.8. The lowest BCUT2D eigenvalue weighted by molar-refractivity contribution is 0.102. The van der Waals surface area contributed by atoms with Gasteiger partial charge in [0, 0.05) is 11.4 Å². The van der Waals surface area contributed by atoms with Crippen LogP contribution in [0.1, 0.15) is 26.3 Å². The summed E-state index contributed by atoms with van der Waals surface area (Å²) >= 11 is 0. The van der Waals surface area contributed by atoms with Gasteiger partial charge >= 0.3 is 0 Å². The normalized spacial score (nSPS) is 10.3. The highest BCUT2D eigenvalue weighted by molar-refractivity contribution is 6.09. The Bertz CT molecular complexity index is 1000. The second-order valence-corrected chi connectivity index (χ2v) is 5.90. The average Bonchev–Trinajstić information content (AvgIpc) is 2.65. The second-order valence-electron chi connectivity index (χ2n) is 5.90. The van der Waals surface area contributed by atoms with Crippen LogP contribution in [-0.4, -0.2) is 11.8 Å². The maximum Gasteiger partial charge on any atom is 0.258 e. The number of para-hydroxylation sites is 1. The molecule has 0 unspecified atom stereocenters. The molecular formula is C21H16F2N2O2. The van der Waals surface area contributed by atoms with Crippen LogP contribution in [-0.2, 0) is 0 Å². The highest BCUT2D eigenvalue weighted by Crippen LogP contribution is 2.20. The van der Waals surface area contributed by atoms with Crippen molar-refractivity contribution in [2.24, 2.45) is 0 Å². The van der Waals surface area contributed by atoms with Gasteiger partial charge in [-0.25, -0.2) is 8.78 Å². The van der Waals surface area contributed by atoms with Gasteiger partial charge in [0.2, 0.25) is 0 Å². The Morgan fingerprint density at radius 3 is 2.04 bits per heavy atom. The zero-order valence-corrected chi connectivity index (χ0v) is 14.4. The van der Waals surface area contributed by atoms with Crippen molar-refractivity contribution < 1.29 is 18.4 Å². The zero-order valence-electron chi connectivity index (χ0n) is 14.4. The van der Waals surface area contributed by atoms with Crippen LogP contribution in [0.5, 0.6) is 0 Å². The van der Waals surface area contributed by atoms with Crippen molar-refractivity contribution in [2.75, 3.05) is 10.6 Å². The van der Waals surface area contributed by atoms with Crippen LogP contribution in [0.3, 0.4) is 0 Å². The van der Waals surface area contributed by atoms with E-state index < -0.39 is 23.4 Å². The van der Waals surface area contributed by atoms with E-state index in [-0.39, 0.29) is 11.1 Å². The molecular weight excluding hydrogens is 350 g/mol. The fourth-order valence-corrected chi connectivity index (χ4v) is 2.56. The average molecular weight is 366 g/mol. The number of carbonyl (C=O) groups is 2. The summed E-state index contributed by atoms with van der Waals surface area (Å²) in [7, 11) is 0. The Kier molecular flexibility index (Phi) is 5.26. The van der Waals surface area contributed by atoms with Gasteiger partial charge in [0.1, 0.15) is 11.6 Å². The Labute approximate surface area is 154 Å². The fraction of sp³-hybridized carbons (Fsp3) is 0.0476. The predicted octanol–water partition coefficient (Wildman–Crippen LogP) is 4.78. The maximum atomic E-state index is 14.8. The van der Waals surface area contributed by atoms with Gasteiger partial charge in [-0.05, 0) is 55.0 Å². The number of aryl methyl sites for hydroxylation is 1. The number of benzene rings is 3. The highest BCUT2D eigenvalue weighted by atomic mass is 19.1. The summed E-state index contributed by atoms with van der Waals surface area (Å²) in [6.07, 6.45) is 0. The van der Waals surface area contributed by atoms with E-state index in [1.807, 2.05) is 0 Å². The second kappa shape index (κ2) is 7.78. The Hall–Kier alpha value is -3.54. The lowest BCUT2D eigenvalue weighted by Gasteiger charge is -2.11. The summed E-state index contributed by atoms with van der Waals surface area (Å²) in [5.41, 5.74) is 0.849. The fourth-order valence-electron chi connectivity index (χ4n) is 2.56. The molecule has 2 N–H and O–H groups in total. The number of amides is 2. The zero-order chi connectivity index (χ0) is 19.4. The third-order valence-electron chi connectivity index (χ3n) is 3.96. The van der Waals surface area contributed by atoms with Crippen molar-refractivity contribution in [3.05, 3.63) is 95.1 Å². The molecule has 0 atom stereocenters. The molecule has 0 bridgehead atoms. The minimum Gasteiger partial charge on any atom is -0.322 e. The van der Waals surface area contributed by atoms with Crippen molar-refractivity contribution in [3.8, 4) is 0 Å². The summed E-state index contributed by atoms with van der Waals surface area (Å²) in [6.45, 7) is 1.62. The molecule has 27 heavy (non-hydrogen) atoms. The highest BCUT2D eigenvalue weighted by Gasteiger charge is 2.20. The first kappa shape index (κ1) is 18.3. The van der Waals surface area contributed by atoms with E-state index in [1.54, 1.807) is 37.3 Å². The summed E-state index contributed by atoms with van der Waals surface area (Å²) in [6, 6.07) is 16.5. The van der Waals surface area contributed by atoms with Crippen molar-refractivity contribution in [3.63, 3.8) is 0 Å². The molecule has 0 aliphatic carbocycles. The molecule has 3 rings (SSSR count). The third-order valence-corrected chi connectivity index (χ3v) is 3.96. The van der Waals surface area contributed by atoms with Crippen molar-refractivity contribution in [2.45, 2.75) is 6.92 Å². The van der Waals surface area contributed by atoms with Crippen LogP contribution in [0, 0.1) is 18.6 Å². The summed E-state index contributed by atoms with van der Waals surface area (Å²) < 4.78 is 27.9. The molecule has 3 aromatic rings. The minimum atomic E-state index is -0.928. The smallest absolute Gasteiger partial charge is 0.258 e. The van der Waals surface area contributed by atoms with Gasteiger partial charge in [-0.3, -0.25) is 9.59 Å². The quantitative estimate of drug-likeness (QED) is 0.698. The first-order chi connectivity index (χ1) is 13.0. The lowest BCUT2D eigenvalue weighted by atomic mass is 10.1. The number of rotatable bonds is 4. The molecule has 0 radical (unpaired) electrons. The Balaban J connectivity index is 1.83. The van der Waals surface area contributed by atoms with Gasteiger partial charge in [0.15, 0.2) is 0 Å². The van der Waals surface area contributed by atoms with Gasteiger partial charge in [-0.1, -0.05) is 24.3 Å². The lowest BCUT2D eigenvalue weighted by Crippen LogP contribution is -2.19. The molecule has 0 fully saturated rings. The van der Waals surface area contributed by atoms with Gasteiger partial charge in [-0.15, -0.1) is 0 Å². The van der Waals surface area contributed by atoms with E-state index in [2.05, 4.69) is 10.6 Å². The molecule has 0 aromatic heterocycles. The minimum absolute atomic E-state index is 0.248. The largest absolute Gasteiger partial charge is 0.322 e. The van der Waals surface area contributed by atoms with Crippen molar-refractivity contribution >= 4 is 23.2 Å². The summed E-state index contributed by atoms with van der Waals surface area (Å²) in [5, 5.41) is 5.11. The number of carbonyl (C=O) groups excluding carboxylic acids is 2. The molecule has 0 heterocycles. The summed E-state index contributed by atoms with van der Waals surface area (Å²) in [5.74, 6) is -2.75. The van der Waals surface area contributed by atoms with Gasteiger partial charge in [0.25, 0.3) is 11.8 Å². The van der Waals surface area contributed by atoms with Crippen LogP contribution >= 0.6 is 0 Å². The first-order valence-electron chi connectivity index (χ1n) is 8.18. The van der Waals surface area contributed by atoms with Gasteiger partial charge in [0.05, 0.1) is 11.1 Å². The number of anilines is 2. The number of hydrogen-bond acceptors (Lipinski definition) is 2. The number of halogens is 2. The predicted molar refractivity (Wildman–Crippen MR) is 99.9 cm³/mol. The van der Waals surface area contributed by atoms with Crippen LogP contribution < -0.4 is 10.6 Å². The van der Waals surface area contributed by atoms with Crippen LogP contribution in [0.25, 0.3) is 0 Å². The van der Waals surface area contributed by atoms with Gasteiger partial charge < -0.3 is 10.6 Å². The van der Waals surface area contributed by atoms with E-state index in [1.165, 1.54) is 36.4 Å². The van der Waals surface area contributed by atoms with E-state index in [9.17, 15) is 18.4 Å². The molecule has 0 saturated carbocycles. The van der Waals surface area contributed by atoms with Crippen LogP contribution in [0.15, 0.2) is 66.7 Å². The Morgan fingerprint density at radius 1 is 0.778 bits per heavy atom. The SMILES string of the molecule is Cc1cc(F)ccc1NC(=O)c1cccc(C(=O)Nc2ccccc2)c1F. The van der Waals surface area contributed by atoms with E-state index >= 15 is 0 Å². The first-order valence-corrected chi connectivity index (χ1v) is 8.18. The molecule has 2 amide bonds. The van der Waals surface area contributed by atoms with Crippen molar-refractivity contribution in [1.82, 2.24) is 0 Å². The van der Waals surface area contributed by atoms with E-state index in [0.717, 1.165) is 0 Å². The Morgan fingerprint density at radius 2 is 1.41 bits per heavy atom. The van der Waals surface area contributed by atoms with Crippen molar-refractivity contribution in [1.29, 1.82) is 0 Å².